The van der Waals surface area contributed by atoms with Gasteiger partial charge in [0.25, 0.3) is 0 Å². The minimum Gasteiger partial charge on any atom is -0.458 e. The highest BCUT2D eigenvalue weighted by Gasteiger charge is 2.47. The number of aryl methyl sites for hydroxylation is 1. The van der Waals surface area contributed by atoms with Crippen LogP contribution in [0.25, 0.3) is 11.1 Å². The van der Waals surface area contributed by atoms with Crippen LogP contribution in [0.1, 0.15) is 50.5 Å². The lowest BCUT2D eigenvalue weighted by Crippen LogP contribution is -2.48. The van der Waals surface area contributed by atoms with Crippen LogP contribution in [0, 0.1) is 5.92 Å². The van der Waals surface area contributed by atoms with Gasteiger partial charge in [0.2, 0.25) is 0 Å². The summed E-state index contributed by atoms with van der Waals surface area (Å²) in [5.41, 5.74) is 3.05. The van der Waals surface area contributed by atoms with E-state index >= 15 is 0 Å². The Hall–Kier alpha value is -2.42. The van der Waals surface area contributed by atoms with Crippen molar-refractivity contribution in [2.24, 2.45) is 5.92 Å². The summed E-state index contributed by atoms with van der Waals surface area (Å²) >= 11 is 0. The van der Waals surface area contributed by atoms with Gasteiger partial charge in [-0.15, -0.1) is 0 Å². The fraction of sp³-hybridized carbons (Fsp3) is 0.417. The Balaban J connectivity index is 1.49. The van der Waals surface area contributed by atoms with Crippen molar-refractivity contribution >= 4 is 11.8 Å². The van der Waals surface area contributed by atoms with Crippen molar-refractivity contribution in [3.63, 3.8) is 0 Å². The van der Waals surface area contributed by atoms with Gasteiger partial charge in [-0.2, -0.15) is 0 Å². The maximum Gasteiger partial charge on any atom is 0.313 e. The van der Waals surface area contributed by atoms with Gasteiger partial charge < -0.3 is 4.74 Å². The maximum absolute atomic E-state index is 12.2. The number of hydrogen-bond acceptors (Lipinski definition) is 3. The SMILES string of the molecule is O=C1CC(=O)OC(CCc2ccc(-c3ccccc3)cc2)(C2CCCC2)C1. The number of Topliss-reactive ketones (excluding diaryl/α,β-unsaturated/α-hetero) is 1. The molecular weight excluding hydrogens is 336 g/mol. The third kappa shape index (κ3) is 3.97. The van der Waals surface area contributed by atoms with Gasteiger partial charge in [-0.1, -0.05) is 67.4 Å². The van der Waals surface area contributed by atoms with Crippen molar-refractivity contribution in [2.45, 2.75) is 57.0 Å². The minimum atomic E-state index is -0.582. The van der Waals surface area contributed by atoms with E-state index in [0.717, 1.165) is 25.7 Å². The number of rotatable bonds is 5. The molecule has 2 aliphatic rings. The summed E-state index contributed by atoms with van der Waals surface area (Å²) in [5.74, 6) is 0.0319. The number of ketones is 1. The molecule has 2 aromatic carbocycles. The third-order valence-corrected chi connectivity index (χ3v) is 6.15. The van der Waals surface area contributed by atoms with Gasteiger partial charge in [0.15, 0.2) is 0 Å². The predicted molar refractivity (Wildman–Crippen MR) is 105 cm³/mol. The summed E-state index contributed by atoms with van der Waals surface area (Å²) < 4.78 is 5.88. The molecule has 1 saturated heterocycles. The molecule has 1 unspecified atom stereocenters. The Morgan fingerprint density at radius 1 is 0.889 bits per heavy atom. The maximum atomic E-state index is 12.2. The zero-order valence-corrected chi connectivity index (χ0v) is 15.7. The first-order chi connectivity index (χ1) is 13.1. The zero-order chi connectivity index (χ0) is 18.7. The lowest BCUT2D eigenvalue weighted by atomic mass is 9.76. The Morgan fingerprint density at radius 2 is 1.56 bits per heavy atom. The Labute approximate surface area is 160 Å². The summed E-state index contributed by atoms with van der Waals surface area (Å²) in [4.78, 5) is 24.2. The molecule has 0 N–H and O–H groups in total. The van der Waals surface area contributed by atoms with E-state index in [1.807, 2.05) is 18.2 Å². The van der Waals surface area contributed by atoms with Gasteiger partial charge in [0.1, 0.15) is 17.8 Å². The molecule has 1 atom stereocenters. The summed E-state index contributed by atoms with van der Waals surface area (Å²) in [6.45, 7) is 0. The van der Waals surface area contributed by atoms with Crippen LogP contribution >= 0.6 is 0 Å². The first kappa shape index (κ1) is 18.0. The molecule has 140 valence electrons. The molecule has 1 aliphatic carbocycles. The van der Waals surface area contributed by atoms with Gasteiger partial charge in [-0.25, -0.2) is 0 Å². The number of hydrogen-bond donors (Lipinski definition) is 0. The first-order valence-electron chi connectivity index (χ1n) is 10.0. The highest BCUT2D eigenvalue weighted by atomic mass is 16.6. The van der Waals surface area contributed by atoms with E-state index in [9.17, 15) is 9.59 Å². The standard InChI is InChI=1S/C24H26O3/c25-22-16-23(26)27-24(17-22,21-8-4-5-9-21)15-14-18-10-12-20(13-11-18)19-6-2-1-3-7-19/h1-3,6-7,10-13,21H,4-5,8-9,14-17H2. The lowest BCUT2D eigenvalue weighted by molar-refractivity contribution is -0.178. The molecule has 0 radical (unpaired) electrons. The van der Waals surface area contributed by atoms with E-state index < -0.39 is 5.60 Å². The second-order valence-corrected chi connectivity index (χ2v) is 7.98. The largest absolute Gasteiger partial charge is 0.458 e. The fourth-order valence-corrected chi connectivity index (χ4v) is 4.73. The van der Waals surface area contributed by atoms with Crippen LogP contribution in [-0.2, 0) is 20.7 Å². The molecule has 4 rings (SSSR count). The molecule has 2 aromatic rings. The van der Waals surface area contributed by atoms with Crippen LogP contribution in [0.5, 0.6) is 0 Å². The predicted octanol–water partition coefficient (Wildman–Crippen LogP) is 5.12. The van der Waals surface area contributed by atoms with E-state index in [-0.39, 0.29) is 18.2 Å². The first-order valence-corrected chi connectivity index (χ1v) is 10.0. The van der Waals surface area contributed by atoms with Crippen LogP contribution in [0.2, 0.25) is 0 Å². The van der Waals surface area contributed by atoms with Crippen molar-refractivity contribution < 1.29 is 14.3 Å². The molecule has 3 heteroatoms. The Kier molecular flexibility index (Phi) is 5.11. The second-order valence-electron chi connectivity index (χ2n) is 7.98. The Morgan fingerprint density at radius 3 is 2.22 bits per heavy atom. The number of carbonyl (C=O) groups excluding carboxylic acids is 2. The van der Waals surface area contributed by atoms with Gasteiger partial charge in [0.05, 0.1) is 0 Å². The average molecular weight is 362 g/mol. The monoisotopic (exact) mass is 362 g/mol. The molecular formula is C24H26O3. The van der Waals surface area contributed by atoms with E-state index in [1.165, 1.54) is 29.5 Å². The number of ether oxygens (including phenoxy) is 1. The van der Waals surface area contributed by atoms with Crippen molar-refractivity contribution in [3.8, 4) is 11.1 Å². The molecule has 0 spiro atoms. The average Bonchev–Trinajstić information content (AvgIpc) is 3.22. The summed E-state index contributed by atoms with van der Waals surface area (Å²) in [7, 11) is 0. The molecule has 27 heavy (non-hydrogen) atoms. The zero-order valence-electron chi connectivity index (χ0n) is 15.7. The summed E-state index contributed by atoms with van der Waals surface area (Å²) in [5, 5.41) is 0. The Bertz CT molecular complexity index is 785. The number of carbonyl (C=O) groups is 2. The number of benzene rings is 2. The van der Waals surface area contributed by atoms with Crippen molar-refractivity contribution in [1.29, 1.82) is 0 Å². The van der Waals surface area contributed by atoms with Crippen LogP contribution < -0.4 is 0 Å². The second kappa shape index (κ2) is 7.67. The fourth-order valence-electron chi connectivity index (χ4n) is 4.73. The summed E-state index contributed by atoms with van der Waals surface area (Å²) in [6.07, 6.45) is 6.37. The molecule has 0 bridgehead atoms. The van der Waals surface area contributed by atoms with E-state index in [0.29, 0.717) is 12.3 Å². The topological polar surface area (TPSA) is 43.4 Å². The molecule has 0 aromatic heterocycles. The van der Waals surface area contributed by atoms with Gasteiger partial charge in [0, 0.05) is 6.42 Å². The summed E-state index contributed by atoms with van der Waals surface area (Å²) in [6, 6.07) is 18.9. The molecule has 2 fully saturated rings. The highest BCUT2D eigenvalue weighted by molar-refractivity contribution is 5.98. The van der Waals surface area contributed by atoms with E-state index in [4.69, 9.17) is 4.74 Å². The van der Waals surface area contributed by atoms with Gasteiger partial charge in [-0.3, -0.25) is 9.59 Å². The van der Waals surface area contributed by atoms with Gasteiger partial charge in [-0.05, 0) is 48.3 Å². The molecule has 1 aliphatic heterocycles. The molecule has 3 nitrogen and oxygen atoms in total. The van der Waals surface area contributed by atoms with Crippen LogP contribution in [0.3, 0.4) is 0 Å². The number of cyclic esters (lactones) is 1. The third-order valence-electron chi connectivity index (χ3n) is 6.15. The number of esters is 1. The highest BCUT2D eigenvalue weighted by Crippen LogP contribution is 2.43. The van der Waals surface area contributed by atoms with Crippen LogP contribution in [0.4, 0.5) is 0 Å². The molecule has 0 amide bonds. The normalized spacial score (nSPS) is 23.4. The van der Waals surface area contributed by atoms with Gasteiger partial charge >= 0.3 is 5.97 Å². The van der Waals surface area contributed by atoms with Crippen molar-refractivity contribution in [3.05, 3.63) is 60.2 Å². The van der Waals surface area contributed by atoms with Crippen LogP contribution in [-0.4, -0.2) is 17.4 Å². The minimum absolute atomic E-state index is 0.0394. The van der Waals surface area contributed by atoms with Crippen molar-refractivity contribution in [2.75, 3.05) is 0 Å². The molecule has 1 heterocycles. The van der Waals surface area contributed by atoms with Crippen LogP contribution in [0.15, 0.2) is 54.6 Å². The van der Waals surface area contributed by atoms with E-state index in [1.54, 1.807) is 0 Å². The smallest absolute Gasteiger partial charge is 0.313 e. The lowest BCUT2D eigenvalue weighted by Gasteiger charge is -2.41. The van der Waals surface area contributed by atoms with E-state index in [2.05, 4.69) is 36.4 Å². The molecule has 1 saturated carbocycles. The van der Waals surface area contributed by atoms with Crippen molar-refractivity contribution in [1.82, 2.24) is 0 Å². The quantitative estimate of drug-likeness (QED) is 0.547.